The monoisotopic (exact) mass is 504 g/mol. The van der Waals surface area contributed by atoms with Crippen molar-refractivity contribution in [3.8, 4) is 12.1 Å². The van der Waals surface area contributed by atoms with E-state index in [4.69, 9.17) is 5.26 Å². The summed E-state index contributed by atoms with van der Waals surface area (Å²) >= 11 is 0.934. The second kappa shape index (κ2) is 11.8. The Balaban J connectivity index is 2.32. The highest BCUT2D eigenvalue weighted by molar-refractivity contribution is 7.86. The van der Waals surface area contributed by atoms with E-state index in [2.05, 4.69) is 20.1 Å². The molecule has 0 saturated heterocycles. The Kier molecular flexibility index (Phi) is 9.09. The fourth-order valence-corrected chi connectivity index (χ4v) is 4.00. The van der Waals surface area contributed by atoms with Gasteiger partial charge in [-0.25, -0.2) is 0 Å². The molecule has 178 valence electrons. The number of rotatable bonds is 9. The highest BCUT2D eigenvalue weighted by atomic mass is 32.2. The number of nitrogens with zero attached hydrogens (tertiary/aromatic N) is 3. The molecule has 0 spiro atoms. The number of hydrogen-bond acceptors (Lipinski definition) is 10. The summed E-state index contributed by atoms with van der Waals surface area (Å²) in [5.41, 5.74) is 0.154. The van der Waals surface area contributed by atoms with Crippen LogP contribution in [-0.4, -0.2) is 44.2 Å². The van der Waals surface area contributed by atoms with E-state index in [1.165, 1.54) is 10.8 Å². The van der Waals surface area contributed by atoms with Crippen molar-refractivity contribution in [1.29, 1.82) is 10.5 Å². The van der Waals surface area contributed by atoms with Crippen molar-refractivity contribution in [3.63, 3.8) is 0 Å². The van der Waals surface area contributed by atoms with Gasteiger partial charge in [-0.3, -0.25) is 23.1 Å². The van der Waals surface area contributed by atoms with Gasteiger partial charge in [0.15, 0.2) is 5.57 Å². The molecular weight excluding hydrogens is 484 g/mol. The number of hydrogen-bond donors (Lipinski definition) is 3. The van der Waals surface area contributed by atoms with Gasteiger partial charge < -0.3 is 16.0 Å². The minimum Gasteiger partial charge on any atom is -0.360 e. The number of carbonyl (C=O) groups is 2. The molecule has 0 radical (unpaired) electrons. The van der Waals surface area contributed by atoms with E-state index >= 15 is 0 Å². The van der Waals surface area contributed by atoms with Crippen molar-refractivity contribution in [3.05, 3.63) is 43.8 Å². The van der Waals surface area contributed by atoms with Crippen LogP contribution < -0.4 is 30.7 Å². The normalized spacial score (nSPS) is 12.3. The summed E-state index contributed by atoms with van der Waals surface area (Å²) < 4.78 is 28.1. The van der Waals surface area contributed by atoms with Crippen LogP contribution in [0.3, 0.4) is 0 Å². The van der Waals surface area contributed by atoms with Gasteiger partial charge >= 0.3 is 0 Å². The summed E-state index contributed by atoms with van der Waals surface area (Å²) in [6, 6.07) is 9.93. The Morgan fingerprint density at radius 2 is 1.97 bits per heavy atom. The molecule has 2 amide bonds. The van der Waals surface area contributed by atoms with Crippen LogP contribution in [0.15, 0.2) is 29.1 Å². The topological polar surface area (TPSA) is 183 Å². The lowest BCUT2D eigenvalue weighted by molar-refractivity contribution is -0.118. The zero-order valence-electron chi connectivity index (χ0n) is 18.1. The molecule has 0 aliphatic heterocycles. The predicted octanol–water partition coefficient (Wildman–Crippen LogP) is -0.991. The van der Waals surface area contributed by atoms with E-state index in [9.17, 15) is 28.1 Å². The molecule has 0 saturated carbocycles. The number of amides is 2. The number of anilines is 2. The Hall–Kier alpha value is -3.98. The van der Waals surface area contributed by atoms with E-state index in [0.717, 1.165) is 17.6 Å². The molecule has 2 rings (SSSR count). The summed E-state index contributed by atoms with van der Waals surface area (Å²) in [7, 11) is -3.75. The average molecular weight is 505 g/mol. The van der Waals surface area contributed by atoms with Crippen LogP contribution in [0.1, 0.15) is 6.92 Å². The lowest BCUT2D eigenvalue weighted by atomic mass is 10.2. The van der Waals surface area contributed by atoms with Gasteiger partial charge in [0.1, 0.15) is 28.4 Å². The summed E-state index contributed by atoms with van der Waals surface area (Å²) in [5, 5.41) is 25.7. The number of aromatic nitrogens is 1. The zero-order chi connectivity index (χ0) is 25.3. The molecule has 2 aromatic rings. The van der Waals surface area contributed by atoms with E-state index in [-0.39, 0.29) is 27.9 Å². The maximum absolute atomic E-state index is 12.7. The van der Waals surface area contributed by atoms with Crippen molar-refractivity contribution in [1.82, 2.24) is 9.88 Å². The zero-order valence-corrected chi connectivity index (χ0v) is 19.7. The fraction of sp³-hybridized carbons (Fsp3) is 0.250. The van der Waals surface area contributed by atoms with Crippen molar-refractivity contribution in [2.45, 2.75) is 13.5 Å². The Bertz CT molecular complexity index is 1460. The number of carbonyl (C=O) groups excluding carboxylic acids is 2. The molecule has 1 aromatic carbocycles. The molecule has 0 fully saturated rings. The first-order valence-electron chi connectivity index (χ1n) is 9.59. The highest BCUT2D eigenvalue weighted by Crippen LogP contribution is 2.15. The SMILES string of the molecule is CCn1c(=O)/c(=C\Nc2cccc(NC(=O)COS(C)(=O)=O)c2)s/c1=C(/C#N)C(=O)NCC#N. The second-order valence-corrected chi connectivity index (χ2v) is 9.21. The molecule has 12 nitrogen and oxygen atoms in total. The van der Waals surface area contributed by atoms with Crippen LogP contribution in [0, 0.1) is 22.7 Å². The van der Waals surface area contributed by atoms with Gasteiger partial charge in [-0.1, -0.05) is 6.07 Å². The molecule has 14 heteroatoms. The van der Waals surface area contributed by atoms with E-state index in [1.54, 1.807) is 43.3 Å². The van der Waals surface area contributed by atoms with Crippen LogP contribution >= 0.6 is 11.3 Å². The Labute approximate surface area is 198 Å². The quantitative estimate of drug-likeness (QED) is 0.285. The predicted molar refractivity (Wildman–Crippen MR) is 125 cm³/mol. The Morgan fingerprint density at radius 1 is 1.26 bits per heavy atom. The molecule has 0 aliphatic carbocycles. The molecule has 34 heavy (non-hydrogen) atoms. The van der Waals surface area contributed by atoms with Crippen LogP contribution in [0.2, 0.25) is 0 Å². The fourth-order valence-electron chi connectivity index (χ4n) is 2.59. The Morgan fingerprint density at radius 3 is 2.59 bits per heavy atom. The van der Waals surface area contributed by atoms with Gasteiger partial charge in [-0.05, 0) is 25.1 Å². The van der Waals surface area contributed by atoms with E-state index in [0.29, 0.717) is 11.4 Å². The first kappa shape index (κ1) is 26.3. The minimum absolute atomic E-state index is 0.158. The van der Waals surface area contributed by atoms with Gasteiger partial charge in [-0.15, -0.1) is 11.3 Å². The molecule has 3 N–H and O–H groups in total. The first-order chi connectivity index (χ1) is 16.1. The van der Waals surface area contributed by atoms with Crippen molar-refractivity contribution >= 4 is 56.4 Å². The smallest absolute Gasteiger partial charge is 0.270 e. The van der Waals surface area contributed by atoms with Crippen LogP contribution in [0.25, 0.3) is 11.8 Å². The molecule has 1 heterocycles. The van der Waals surface area contributed by atoms with Gasteiger partial charge in [0, 0.05) is 24.1 Å². The van der Waals surface area contributed by atoms with Gasteiger partial charge in [0.05, 0.1) is 12.3 Å². The maximum Gasteiger partial charge on any atom is 0.270 e. The lowest BCUT2D eigenvalue weighted by Gasteiger charge is -2.07. The van der Waals surface area contributed by atoms with Crippen LogP contribution in [0.4, 0.5) is 11.4 Å². The largest absolute Gasteiger partial charge is 0.360 e. The second-order valence-electron chi connectivity index (χ2n) is 6.53. The highest BCUT2D eigenvalue weighted by Gasteiger charge is 2.15. The van der Waals surface area contributed by atoms with Crippen molar-refractivity contribution in [2.75, 3.05) is 30.0 Å². The maximum atomic E-state index is 12.7. The molecule has 0 aliphatic rings. The van der Waals surface area contributed by atoms with E-state index in [1.807, 2.05) is 0 Å². The number of nitriles is 2. The summed E-state index contributed by atoms with van der Waals surface area (Å²) in [5.74, 6) is -1.43. The van der Waals surface area contributed by atoms with Gasteiger partial charge in [-0.2, -0.15) is 18.9 Å². The number of thiazole rings is 1. The summed E-state index contributed by atoms with van der Waals surface area (Å²) in [6.45, 7) is 0.958. The number of benzene rings is 1. The third kappa shape index (κ3) is 7.28. The first-order valence-corrected chi connectivity index (χ1v) is 12.2. The number of nitrogens with one attached hydrogen (secondary N) is 3. The molecule has 1 aromatic heterocycles. The van der Waals surface area contributed by atoms with Crippen LogP contribution in [0.5, 0.6) is 0 Å². The van der Waals surface area contributed by atoms with Gasteiger partial charge in [0.25, 0.3) is 27.5 Å². The molecular formula is C20H20N6O6S2. The molecule has 0 atom stereocenters. The standard InChI is InChI=1S/C20H20N6O6S2/c1-3-26-19(29)16(33-20(26)15(10-22)18(28)23-8-7-21)11-24-13-5-4-6-14(9-13)25-17(27)12-32-34(2,30)31/h4-6,9,11,24H,3,8,12H2,1-2H3,(H,23,28)(H,25,27)/b16-11+,20-15-. The van der Waals surface area contributed by atoms with Crippen molar-refractivity contribution in [2.24, 2.45) is 0 Å². The minimum atomic E-state index is -3.75. The third-order valence-electron chi connectivity index (χ3n) is 4.03. The van der Waals surface area contributed by atoms with Crippen molar-refractivity contribution < 1.29 is 22.2 Å². The molecule has 0 bridgehead atoms. The van der Waals surface area contributed by atoms with E-state index < -0.39 is 34.1 Å². The summed E-state index contributed by atoms with van der Waals surface area (Å²) in [6.07, 6.45) is 2.23. The molecule has 0 unspecified atom stereocenters. The lowest BCUT2D eigenvalue weighted by Crippen LogP contribution is -2.34. The van der Waals surface area contributed by atoms with Gasteiger partial charge in [0.2, 0.25) is 0 Å². The summed E-state index contributed by atoms with van der Waals surface area (Å²) in [4.78, 5) is 36.8. The van der Waals surface area contributed by atoms with Crippen LogP contribution in [-0.2, 0) is 30.4 Å². The third-order valence-corrected chi connectivity index (χ3v) is 5.70. The average Bonchev–Trinajstić information content (AvgIpc) is 3.10.